The van der Waals surface area contributed by atoms with Gasteiger partial charge in [0.2, 0.25) is 15.0 Å². The molecule has 0 bridgehead atoms. The lowest BCUT2D eigenvalue weighted by Crippen LogP contribution is -2.25. The maximum atomic E-state index is 11.9. The molecule has 0 spiro atoms. The molecule has 1 atom stereocenters. The maximum Gasteiger partial charge on any atom is 0.232 e. The van der Waals surface area contributed by atoms with Gasteiger partial charge < -0.3 is 4.90 Å². The maximum absolute atomic E-state index is 11.9. The first kappa shape index (κ1) is 15.8. The summed E-state index contributed by atoms with van der Waals surface area (Å²) < 4.78 is 23.2. The minimum Gasteiger partial charge on any atom is -0.338 e. The zero-order chi connectivity index (χ0) is 14.9. The highest BCUT2D eigenvalue weighted by atomic mass is 79.9. The number of carbonyl (C=O) groups is 1. The number of amides is 1. The van der Waals surface area contributed by atoms with Crippen LogP contribution in [0.2, 0.25) is 0 Å². The number of nitrogens with zero attached hydrogens (tertiary/aromatic N) is 1. The Hall–Kier alpha value is -0.590. The predicted molar refractivity (Wildman–Crippen MR) is 82.0 cm³/mol. The number of rotatable bonds is 4. The summed E-state index contributed by atoms with van der Waals surface area (Å²) in [5.41, 5.74) is 2.16. The average Bonchev–Trinajstić information content (AvgIpc) is 2.60. The number of halogens is 2. The molecule has 1 saturated heterocycles. The van der Waals surface area contributed by atoms with E-state index in [9.17, 15) is 13.2 Å². The normalized spacial score (nSPS) is 19.6. The van der Waals surface area contributed by atoms with Gasteiger partial charge in [-0.2, -0.15) is 0 Å². The number of benzene rings is 1. The average molecular weight is 381 g/mol. The highest BCUT2D eigenvalue weighted by Gasteiger charge is 2.32. The van der Waals surface area contributed by atoms with E-state index in [1.54, 1.807) is 4.90 Å². The van der Waals surface area contributed by atoms with Gasteiger partial charge in [0.05, 0.1) is 5.75 Å². The number of carbonyl (C=O) groups excluding carboxylic acids is 1. The molecule has 2 rings (SSSR count). The first-order valence-electron chi connectivity index (χ1n) is 6.20. The molecular formula is C13H15BrClNO3S. The Kier molecular flexibility index (Phi) is 4.76. The van der Waals surface area contributed by atoms with Gasteiger partial charge in [0, 0.05) is 40.6 Å². The molecule has 1 aliphatic heterocycles. The predicted octanol–water partition coefficient (Wildman–Crippen LogP) is 2.67. The van der Waals surface area contributed by atoms with Crippen molar-refractivity contribution < 1.29 is 13.2 Å². The molecule has 4 nitrogen and oxygen atoms in total. The van der Waals surface area contributed by atoms with Crippen LogP contribution in [0.1, 0.15) is 17.5 Å². The lowest BCUT2D eigenvalue weighted by atomic mass is 10.1. The van der Waals surface area contributed by atoms with Gasteiger partial charge in [-0.25, -0.2) is 8.42 Å². The summed E-state index contributed by atoms with van der Waals surface area (Å²) in [6, 6.07) is 5.90. The van der Waals surface area contributed by atoms with E-state index in [1.165, 1.54) is 0 Å². The van der Waals surface area contributed by atoms with Crippen molar-refractivity contribution >= 4 is 41.6 Å². The Morgan fingerprint density at radius 2 is 2.15 bits per heavy atom. The van der Waals surface area contributed by atoms with Crippen molar-refractivity contribution in [3.8, 4) is 0 Å². The second-order valence-electron chi connectivity index (χ2n) is 5.12. The smallest absolute Gasteiger partial charge is 0.232 e. The van der Waals surface area contributed by atoms with E-state index in [0.29, 0.717) is 13.1 Å². The molecule has 0 N–H and O–H groups in total. The summed E-state index contributed by atoms with van der Waals surface area (Å²) in [5.74, 6) is -0.366. The molecule has 1 unspecified atom stereocenters. The summed E-state index contributed by atoms with van der Waals surface area (Å²) in [5, 5.41) is 0. The zero-order valence-corrected chi connectivity index (χ0v) is 14.1. The molecule has 1 aromatic carbocycles. The number of hydrogen-bond donors (Lipinski definition) is 0. The first-order chi connectivity index (χ1) is 9.24. The van der Waals surface area contributed by atoms with Gasteiger partial charge in [0.15, 0.2) is 0 Å². The molecule has 1 aromatic rings. The fourth-order valence-electron chi connectivity index (χ4n) is 2.44. The zero-order valence-electron chi connectivity index (χ0n) is 11.0. The van der Waals surface area contributed by atoms with E-state index in [-0.39, 0.29) is 24.0 Å². The fraction of sp³-hybridized carbons (Fsp3) is 0.462. The van der Waals surface area contributed by atoms with Crippen molar-refractivity contribution in [1.29, 1.82) is 0 Å². The number of hydrogen-bond acceptors (Lipinski definition) is 3. The van der Waals surface area contributed by atoms with Crippen molar-refractivity contribution in [3.05, 3.63) is 33.8 Å². The number of likely N-dealkylation sites (tertiary alicyclic amines) is 1. The second kappa shape index (κ2) is 6.03. The molecule has 1 heterocycles. The molecule has 0 radical (unpaired) electrons. The molecule has 0 saturated carbocycles. The first-order valence-corrected chi connectivity index (χ1v) is 9.47. The molecule has 7 heteroatoms. The van der Waals surface area contributed by atoms with Crippen LogP contribution in [0.3, 0.4) is 0 Å². The van der Waals surface area contributed by atoms with Gasteiger partial charge in [-0.1, -0.05) is 22.0 Å². The summed E-state index contributed by atoms with van der Waals surface area (Å²) >= 11 is 3.40. The third kappa shape index (κ3) is 4.20. The quantitative estimate of drug-likeness (QED) is 0.755. The third-order valence-electron chi connectivity index (χ3n) is 3.40. The Labute approximate surface area is 131 Å². The number of aryl methyl sites for hydroxylation is 1. The Morgan fingerprint density at radius 1 is 1.45 bits per heavy atom. The SMILES string of the molecule is Cc1cc(Br)ccc1CN1CC(CS(=O)(=O)Cl)CC1=O. The van der Waals surface area contributed by atoms with Crippen LogP contribution in [0.15, 0.2) is 22.7 Å². The van der Waals surface area contributed by atoms with E-state index < -0.39 is 9.05 Å². The van der Waals surface area contributed by atoms with Crippen LogP contribution in [0.4, 0.5) is 0 Å². The minimum atomic E-state index is -3.55. The van der Waals surface area contributed by atoms with Crippen LogP contribution in [-0.4, -0.2) is 31.5 Å². The molecule has 1 fully saturated rings. The Bertz CT molecular complexity index is 633. The van der Waals surface area contributed by atoms with Gasteiger partial charge in [0.1, 0.15) is 0 Å². The molecule has 1 amide bonds. The molecule has 0 aliphatic carbocycles. The lowest BCUT2D eigenvalue weighted by Gasteiger charge is -2.18. The van der Waals surface area contributed by atoms with Gasteiger partial charge in [-0.05, 0) is 30.2 Å². The van der Waals surface area contributed by atoms with E-state index in [4.69, 9.17) is 10.7 Å². The van der Waals surface area contributed by atoms with E-state index in [1.807, 2.05) is 25.1 Å². The largest absolute Gasteiger partial charge is 0.338 e. The molecular weight excluding hydrogens is 366 g/mol. The monoisotopic (exact) mass is 379 g/mol. The third-order valence-corrected chi connectivity index (χ3v) is 5.14. The molecule has 110 valence electrons. The van der Waals surface area contributed by atoms with E-state index in [2.05, 4.69) is 15.9 Å². The van der Waals surface area contributed by atoms with Crippen LogP contribution in [-0.2, 0) is 20.4 Å². The highest BCUT2D eigenvalue weighted by molar-refractivity contribution is 9.10. The molecule has 0 aromatic heterocycles. The van der Waals surface area contributed by atoms with Crippen LogP contribution in [0, 0.1) is 12.8 Å². The molecule has 20 heavy (non-hydrogen) atoms. The Morgan fingerprint density at radius 3 is 2.75 bits per heavy atom. The van der Waals surface area contributed by atoms with Crippen LogP contribution in [0.5, 0.6) is 0 Å². The van der Waals surface area contributed by atoms with Crippen molar-refractivity contribution in [2.45, 2.75) is 19.9 Å². The van der Waals surface area contributed by atoms with Gasteiger partial charge in [-0.15, -0.1) is 0 Å². The Balaban J connectivity index is 2.05. The minimum absolute atomic E-state index is 0.0161. The standard InChI is InChI=1S/C13H15BrClNO3S/c1-9-4-12(14)3-2-11(9)7-16-6-10(5-13(16)17)8-20(15,18)19/h2-4,10H,5-8H2,1H3. The van der Waals surface area contributed by atoms with Crippen LogP contribution in [0.25, 0.3) is 0 Å². The van der Waals surface area contributed by atoms with Gasteiger partial charge >= 0.3 is 0 Å². The van der Waals surface area contributed by atoms with Crippen molar-refractivity contribution in [3.63, 3.8) is 0 Å². The summed E-state index contributed by atoms with van der Waals surface area (Å²) in [4.78, 5) is 13.6. The van der Waals surface area contributed by atoms with Crippen molar-refractivity contribution in [1.82, 2.24) is 4.90 Å². The van der Waals surface area contributed by atoms with Gasteiger partial charge in [-0.3, -0.25) is 4.79 Å². The van der Waals surface area contributed by atoms with Crippen LogP contribution >= 0.6 is 26.6 Å². The van der Waals surface area contributed by atoms with Crippen molar-refractivity contribution in [2.24, 2.45) is 5.92 Å². The highest BCUT2D eigenvalue weighted by Crippen LogP contribution is 2.24. The fourth-order valence-corrected chi connectivity index (χ4v) is 4.24. The summed E-state index contributed by atoms with van der Waals surface area (Å²) in [7, 11) is 1.69. The van der Waals surface area contributed by atoms with Gasteiger partial charge in [0.25, 0.3) is 0 Å². The molecule has 1 aliphatic rings. The second-order valence-corrected chi connectivity index (χ2v) is 8.86. The lowest BCUT2D eigenvalue weighted by molar-refractivity contribution is -0.128. The topological polar surface area (TPSA) is 54.5 Å². The summed E-state index contributed by atoms with van der Waals surface area (Å²) in [6.07, 6.45) is 0.252. The van der Waals surface area contributed by atoms with Crippen molar-refractivity contribution in [2.75, 3.05) is 12.3 Å². The van der Waals surface area contributed by atoms with E-state index >= 15 is 0 Å². The van der Waals surface area contributed by atoms with Crippen LogP contribution < -0.4 is 0 Å². The summed E-state index contributed by atoms with van der Waals surface area (Å²) in [6.45, 7) is 2.94. The van der Waals surface area contributed by atoms with E-state index in [0.717, 1.165) is 15.6 Å².